The van der Waals surface area contributed by atoms with Gasteiger partial charge in [-0.05, 0) is 38.0 Å². The van der Waals surface area contributed by atoms with Crippen LogP contribution in [0.15, 0.2) is 24.3 Å². The molecule has 0 heterocycles. The molecule has 0 spiro atoms. The molecule has 0 aliphatic rings. The topological polar surface area (TPSA) is 49.3 Å². The summed E-state index contributed by atoms with van der Waals surface area (Å²) >= 11 is 0. The molecular formula is C15H22FNO2. The minimum Gasteiger partial charge on any atom is -0.391 e. The Morgan fingerprint density at radius 1 is 1.47 bits per heavy atom. The molecule has 1 rings (SSSR count). The van der Waals surface area contributed by atoms with Crippen molar-refractivity contribution in [3.05, 3.63) is 35.6 Å². The summed E-state index contributed by atoms with van der Waals surface area (Å²) in [6.07, 6.45) is 0.989. The van der Waals surface area contributed by atoms with Crippen LogP contribution in [0.3, 0.4) is 0 Å². The number of hydrogen-bond donors (Lipinski definition) is 2. The van der Waals surface area contributed by atoms with Crippen molar-refractivity contribution in [3.63, 3.8) is 0 Å². The minimum atomic E-state index is -0.825. The summed E-state index contributed by atoms with van der Waals surface area (Å²) in [6.45, 7) is 5.68. The zero-order chi connectivity index (χ0) is 14.5. The lowest BCUT2D eigenvalue weighted by Crippen LogP contribution is -2.43. The van der Waals surface area contributed by atoms with Crippen molar-refractivity contribution in [1.82, 2.24) is 5.32 Å². The van der Waals surface area contributed by atoms with Crippen LogP contribution in [0.2, 0.25) is 0 Å². The Morgan fingerprint density at radius 2 is 2.16 bits per heavy atom. The summed E-state index contributed by atoms with van der Waals surface area (Å²) in [5.74, 6) is -0.572. The fraction of sp³-hybridized carbons (Fsp3) is 0.533. The monoisotopic (exact) mass is 267 g/mol. The van der Waals surface area contributed by atoms with Gasteiger partial charge in [0.15, 0.2) is 0 Å². The number of nitrogens with one attached hydrogen (secondary N) is 1. The maximum atomic E-state index is 13.2. The van der Waals surface area contributed by atoms with Crippen molar-refractivity contribution >= 4 is 5.91 Å². The third-order valence-electron chi connectivity index (χ3n) is 3.23. The molecule has 0 saturated carbocycles. The van der Waals surface area contributed by atoms with E-state index in [-0.39, 0.29) is 18.3 Å². The van der Waals surface area contributed by atoms with E-state index in [0.717, 1.165) is 6.42 Å². The van der Waals surface area contributed by atoms with Gasteiger partial charge in [-0.3, -0.25) is 4.79 Å². The highest BCUT2D eigenvalue weighted by atomic mass is 19.1. The molecule has 4 heteroatoms. The van der Waals surface area contributed by atoms with E-state index in [2.05, 4.69) is 5.32 Å². The third-order valence-corrected chi connectivity index (χ3v) is 3.23. The van der Waals surface area contributed by atoms with Gasteiger partial charge in [0.1, 0.15) is 5.82 Å². The number of benzene rings is 1. The first-order chi connectivity index (χ1) is 8.87. The maximum absolute atomic E-state index is 13.2. The zero-order valence-corrected chi connectivity index (χ0v) is 11.7. The first-order valence-electron chi connectivity index (χ1n) is 6.60. The van der Waals surface area contributed by atoms with Gasteiger partial charge >= 0.3 is 0 Å². The highest BCUT2D eigenvalue weighted by Crippen LogP contribution is 2.23. The second kappa shape index (κ2) is 6.66. The molecule has 0 aromatic heterocycles. The van der Waals surface area contributed by atoms with Crippen LogP contribution in [0.25, 0.3) is 0 Å². The first-order valence-corrected chi connectivity index (χ1v) is 6.60. The normalized spacial score (nSPS) is 13.1. The summed E-state index contributed by atoms with van der Waals surface area (Å²) in [6, 6.07) is 6.03. The van der Waals surface area contributed by atoms with Crippen LogP contribution in [0.4, 0.5) is 4.39 Å². The van der Waals surface area contributed by atoms with E-state index in [9.17, 15) is 14.3 Å². The molecule has 106 valence electrons. The van der Waals surface area contributed by atoms with Crippen LogP contribution in [0.1, 0.15) is 39.2 Å². The predicted molar refractivity (Wildman–Crippen MR) is 73.4 cm³/mol. The van der Waals surface area contributed by atoms with Crippen LogP contribution < -0.4 is 5.32 Å². The Kier molecular flexibility index (Phi) is 5.48. The fourth-order valence-electron chi connectivity index (χ4n) is 1.88. The molecule has 1 atom stereocenters. The fourth-order valence-corrected chi connectivity index (χ4v) is 1.88. The number of aliphatic hydroxyl groups excluding tert-OH is 1. The number of carbonyl (C=O) groups is 1. The molecular weight excluding hydrogens is 245 g/mol. The lowest BCUT2D eigenvalue weighted by molar-refractivity contribution is -0.126. The van der Waals surface area contributed by atoms with Crippen molar-refractivity contribution in [2.24, 2.45) is 0 Å². The van der Waals surface area contributed by atoms with Crippen LogP contribution in [0.5, 0.6) is 0 Å². The van der Waals surface area contributed by atoms with Crippen molar-refractivity contribution in [1.29, 1.82) is 0 Å². The van der Waals surface area contributed by atoms with Gasteiger partial charge < -0.3 is 10.4 Å². The van der Waals surface area contributed by atoms with Gasteiger partial charge in [-0.2, -0.15) is 0 Å². The average Bonchev–Trinajstić information content (AvgIpc) is 2.36. The van der Waals surface area contributed by atoms with Crippen molar-refractivity contribution in [2.45, 2.75) is 45.1 Å². The number of halogens is 1. The van der Waals surface area contributed by atoms with E-state index < -0.39 is 11.5 Å². The van der Waals surface area contributed by atoms with Gasteiger partial charge in [-0.1, -0.05) is 25.5 Å². The van der Waals surface area contributed by atoms with Gasteiger partial charge in [0.25, 0.3) is 0 Å². The first kappa shape index (κ1) is 15.6. The molecule has 0 aliphatic heterocycles. The molecule has 1 amide bonds. The molecule has 19 heavy (non-hydrogen) atoms. The van der Waals surface area contributed by atoms with E-state index in [1.807, 2.05) is 6.92 Å². The highest BCUT2D eigenvalue weighted by molar-refractivity contribution is 5.87. The Hall–Kier alpha value is -1.42. The van der Waals surface area contributed by atoms with Gasteiger partial charge in [0.2, 0.25) is 5.91 Å². The van der Waals surface area contributed by atoms with Gasteiger partial charge in [-0.15, -0.1) is 0 Å². The molecule has 1 unspecified atom stereocenters. The molecule has 0 fully saturated rings. The largest absolute Gasteiger partial charge is 0.391 e. The Labute approximate surface area is 113 Å². The summed E-state index contributed by atoms with van der Waals surface area (Å²) in [7, 11) is 0. The Bertz CT molecular complexity index is 432. The van der Waals surface area contributed by atoms with E-state index in [1.54, 1.807) is 26.0 Å². The number of rotatable bonds is 6. The summed E-state index contributed by atoms with van der Waals surface area (Å²) in [5, 5.41) is 12.3. The summed E-state index contributed by atoms with van der Waals surface area (Å²) in [5.41, 5.74) is -0.205. The van der Waals surface area contributed by atoms with E-state index in [4.69, 9.17) is 0 Å². The van der Waals surface area contributed by atoms with Crippen molar-refractivity contribution < 1.29 is 14.3 Å². The Balaban J connectivity index is 2.69. The smallest absolute Gasteiger partial charge is 0.230 e. The van der Waals surface area contributed by atoms with Crippen LogP contribution in [-0.2, 0) is 10.2 Å². The number of aliphatic hydroxyl groups is 1. The summed E-state index contributed by atoms with van der Waals surface area (Å²) < 4.78 is 13.2. The molecule has 0 radical (unpaired) electrons. The highest BCUT2D eigenvalue weighted by Gasteiger charge is 2.30. The predicted octanol–water partition coefficient (Wildman–Crippen LogP) is 2.38. The quantitative estimate of drug-likeness (QED) is 0.831. The van der Waals surface area contributed by atoms with Gasteiger partial charge in [-0.25, -0.2) is 4.39 Å². The van der Waals surface area contributed by atoms with Crippen LogP contribution >= 0.6 is 0 Å². The van der Waals surface area contributed by atoms with E-state index in [0.29, 0.717) is 12.0 Å². The lowest BCUT2D eigenvalue weighted by Gasteiger charge is -2.25. The third kappa shape index (κ3) is 4.31. The van der Waals surface area contributed by atoms with Gasteiger partial charge in [0, 0.05) is 6.54 Å². The minimum absolute atomic E-state index is 0.215. The van der Waals surface area contributed by atoms with Gasteiger partial charge in [0.05, 0.1) is 11.5 Å². The zero-order valence-electron chi connectivity index (χ0n) is 11.7. The maximum Gasteiger partial charge on any atom is 0.230 e. The average molecular weight is 267 g/mol. The SMILES string of the molecule is CCCC(O)CNC(=O)C(C)(C)c1cccc(F)c1. The number of hydrogen-bond acceptors (Lipinski definition) is 2. The second-order valence-corrected chi connectivity index (χ2v) is 5.29. The number of amides is 1. The van der Waals surface area contributed by atoms with E-state index >= 15 is 0 Å². The second-order valence-electron chi connectivity index (χ2n) is 5.29. The molecule has 0 aliphatic carbocycles. The standard InChI is InChI=1S/C15H22FNO2/c1-4-6-13(18)10-17-14(19)15(2,3)11-7-5-8-12(16)9-11/h5,7-9,13,18H,4,6,10H2,1-3H3,(H,17,19). The molecule has 1 aromatic carbocycles. The molecule has 2 N–H and O–H groups in total. The molecule has 3 nitrogen and oxygen atoms in total. The summed E-state index contributed by atoms with van der Waals surface area (Å²) in [4.78, 5) is 12.1. The van der Waals surface area contributed by atoms with Crippen LogP contribution in [0, 0.1) is 5.82 Å². The van der Waals surface area contributed by atoms with Crippen molar-refractivity contribution in [3.8, 4) is 0 Å². The molecule has 1 aromatic rings. The molecule has 0 saturated heterocycles. The van der Waals surface area contributed by atoms with Crippen LogP contribution in [-0.4, -0.2) is 23.7 Å². The van der Waals surface area contributed by atoms with Crippen molar-refractivity contribution in [2.75, 3.05) is 6.54 Å². The van der Waals surface area contributed by atoms with E-state index in [1.165, 1.54) is 12.1 Å². The Morgan fingerprint density at radius 3 is 2.74 bits per heavy atom. The lowest BCUT2D eigenvalue weighted by atomic mass is 9.83. The molecule has 0 bridgehead atoms. The number of carbonyl (C=O) groups excluding carboxylic acids is 1.